The summed E-state index contributed by atoms with van der Waals surface area (Å²) >= 11 is 0. The van der Waals surface area contributed by atoms with Gasteiger partial charge in [0, 0.05) is 5.56 Å². The Kier molecular flexibility index (Phi) is 4.19. The molecule has 2 aromatic rings. The fraction of sp³-hybridized carbons (Fsp3) is 0.308. The topological polar surface area (TPSA) is 83.7 Å². The van der Waals surface area contributed by atoms with Crippen molar-refractivity contribution in [2.75, 3.05) is 20.8 Å². The van der Waals surface area contributed by atoms with E-state index in [0.717, 1.165) is 0 Å². The van der Waals surface area contributed by atoms with Crippen molar-refractivity contribution in [3.05, 3.63) is 24.1 Å². The lowest BCUT2D eigenvalue weighted by atomic mass is 10.2. The van der Waals surface area contributed by atoms with Crippen molar-refractivity contribution >= 4 is 5.97 Å². The average molecular weight is 278 g/mol. The monoisotopic (exact) mass is 278 g/mol. The number of hydrogen-bond donors (Lipinski definition) is 0. The number of carbonyl (C=O) groups is 1. The van der Waals surface area contributed by atoms with Crippen molar-refractivity contribution in [2.24, 2.45) is 0 Å². The molecule has 0 bridgehead atoms. The highest BCUT2D eigenvalue weighted by molar-refractivity contribution is 5.84. The van der Waals surface area contributed by atoms with Crippen LogP contribution in [0.5, 0.6) is 11.5 Å². The summed E-state index contributed by atoms with van der Waals surface area (Å²) < 4.78 is 20.4. The number of ether oxygens (including phenoxy) is 3. The minimum Gasteiger partial charge on any atom is -0.493 e. The Labute approximate surface area is 115 Å². The van der Waals surface area contributed by atoms with Gasteiger partial charge in [0.2, 0.25) is 5.89 Å². The Morgan fingerprint density at radius 1 is 1.20 bits per heavy atom. The number of methoxy groups -OCH3 is 2. The summed E-state index contributed by atoms with van der Waals surface area (Å²) in [4.78, 5) is 11.4. The summed E-state index contributed by atoms with van der Waals surface area (Å²) in [5, 5.41) is 7.45. The highest BCUT2D eigenvalue weighted by Crippen LogP contribution is 2.31. The van der Waals surface area contributed by atoms with Gasteiger partial charge in [0.05, 0.1) is 20.8 Å². The van der Waals surface area contributed by atoms with E-state index in [1.54, 1.807) is 32.2 Å². The lowest BCUT2D eigenvalue weighted by Crippen LogP contribution is -2.04. The number of carbonyl (C=O) groups excluding carboxylic acids is 1. The molecule has 0 amide bonds. The highest BCUT2D eigenvalue weighted by atomic mass is 16.5. The van der Waals surface area contributed by atoms with Gasteiger partial charge in [-0.2, -0.15) is 0 Å². The standard InChI is InChI=1S/C13H14N2O5/c1-4-19-13(16)12-15-14-11(20-12)8-5-6-9(17-2)10(7-8)18-3/h5-7H,4H2,1-3H3. The third-order valence-electron chi connectivity index (χ3n) is 2.51. The van der Waals surface area contributed by atoms with Crippen molar-refractivity contribution < 1.29 is 23.4 Å². The normalized spacial score (nSPS) is 10.2. The summed E-state index contributed by atoms with van der Waals surface area (Å²) in [5.74, 6) is 0.486. The minimum atomic E-state index is -0.647. The quantitative estimate of drug-likeness (QED) is 0.772. The van der Waals surface area contributed by atoms with Crippen molar-refractivity contribution in [2.45, 2.75) is 6.92 Å². The molecule has 0 unspecified atom stereocenters. The molecule has 0 fully saturated rings. The Balaban J connectivity index is 2.30. The smallest absolute Gasteiger partial charge is 0.396 e. The molecule has 0 aliphatic rings. The van der Waals surface area contributed by atoms with Gasteiger partial charge >= 0.3 is 11.9 Å². The van der Waals surface area contributed by atoms with Crippen LogP contribution in [0.1, 0.15) is 17.6 Å². The average Bonchev–Trinajstić information content (AvgIpc) is 2.96. The summed E-state index contributed by atoms with van der Waals surface area (Å²) in [7, 11) is 3.07. The van der Waals surface area contributed by atoms with Gasteiger partial charge in [-0.1, -0.05) is 0 Å². The molecule has 1 aromatic heterocycles. The minimum absolute atomic E-state index is 0.184. The number of esters is 1. The maximum Gasteiger partial charge on any atom is 0.396 e. The zero-order chi connectivity index (χ0) is 14.5. The van der Waals surface area contributed by atoms with Crippen LogP contribution in [0, 0.1) is 0 Å². The number of aromatic nitrogens is 2. The second kappa shape index (κ2) is 6.05. The largest absolute Gasteiger partial charge is 0.493 e. The van der Waals surface area contributed by atoms with E-state index in [4.69, 9.17) is 18.6 Å². The van der Waals surface area contributed by atoms with Crippen LogP contribution >= 0.6 is 0 Å². The molecule has 20 heavy (non-hydrogen) atoms. The van der Waals surface area contributed by atoms with Gasteiger partial charge < -0.3 is 18.6 Å². The molecule has 0 aliphatic heterocycles. The molecule has 1 aromatic carbocycles. The predicted octanol–water partition coefficient (Wildman–Crippen LogP) is 1.93. The van der Waals surface area contributed by atoms with E-state index in [1.807, 2.05) is 0 Å². The Morgan fingerprint density at radius 2 is 1.95 bits per heavy atom. The lowest BCUT2D eigenvalue weighted by molar-refractivity contribution is 0.0481. The second-order valence-electron chi connectivity index (χ2n) is 3.70. The first-order valence-corrected chi connectivity index (χ1v) is 5.92. The molecule has 0 atom stereocenters. The van der Waals surface area contributed by atoms with Gasteiger partial charge in [0.15, 0.2) is 11.5 Å². The van der Waals surface area contributed by atoms with Crippen LogP contribution in [0.2, 0.25) is 0 Å². The van der Waals surface area contributed by atoms with Gasteiger partial charge in [0.25, 0.3) is 0 Å². The lowest BCUT2D eigenvalue weighted by Gasteiger charge is -2.07. The fourth-order valence-electron chi connectivity index (χ4n) is 1.58. The molecule has 106 valence electrons. The maximum atomic E-state index is 11.4. The van der Waals surface area contributed by atoms with E-state index in [1.165, 1.54) is 7.11 Å². The first-order valence-electron chi connectivity index (χ1n) is 5.92. The van der Waals surface area contributed by atoms with Crippen LogP contribution in [0.3, 0.4) is 0 Å². The Hall–Kier alpha value is -2.57. The zero-order valence-electron chi connectivity index (χ0n) is 11.4. The van der Waals surface area contributed by atoms with Gasteiger partial charge in [-0.25, -0.2) is 4.79 Å². The third-order valence-corrected chi connectivity index (χ3v) is 2.51. The SMILES string of the molecule is CCOC(=O)c1nnc(-c2ccc(OC)c(OC)c2)o1. The zero-order valence-corrected chi connectivity index (χ0v) is 11.4. The van der Waals surface area contributed by atoms with Gasteiger partial charge in [-0.15, -0.1) is 10.2 Å². The van der Waals surface area contributed by atoms with E-state index in [0.29, 0.717) is 17.1 Å². The van der Waals surface area contributed by atoms with Crippen LogP contribution in [0.25, 0.3) is 11.5 Å². The van der Waals surface area contributed by atoms with Crippen LogP contribution < -0.4 is 9.47 Å². The van der Waals surface area contributed by atoms with E-state index in [-0.39, 0.29) is 18.4 Å². The van der Waals surface area contributed by atoms with Crippen molar-refractivity contribution in [1.29, 1.82) is 0 Å². The first-order chi connectivity index (χ1) is 9.69. The summed E-state index contributed by atoms with van der Waals surface area (Å²) in [6.45, 7) is 1.94. The van der Waals surface area contributed by atoms with Gasteiger partial charge in [-0.3, -0.25) is 0 Å². The molecule has 1 heterocycles. The summed E-state index contributed by atoms with van der Waals surface area (Å²) in [6.07, 6.45) is 0. The molecule has 0 saturated heterocycles. The van der Waals surface area contributed by atoms with E-state index in [2.05, 4.69) is 10.2 Å². The Morgan fingerprint density at radius 3 is 2.60 bits per heavy atom. The fourth-order valence-corrected chi connectivity index (χ4v) is 1.58. The number of benzene rings is 1. The number of hydrogen-bond acceptors (Lipinski definition) is 7. The van der Waals surface area contributed by atoms with Gasteiger partial charge in [-0.05, 0) is 25.1 Å². The maximum absolute atomic E-state index is 11.4. The Bertz CT molecular complexity index is 609. The summed E-state index contributed by atoms with van der Waals surface area (Å²) in [5.41, 5.74) is 0.616. The molecular formula is C13H14N2O5. The second-order valence-corrected chi connectivity index (χ2v) is 3.70. The van der Waals surface area contributed by atoms with E-state index < -0.39 is 5.97 Å². The summed E-state index contributed by atoms with van der Waals surface area (Å²) in [6, 6.07) is 5.12. The predicted molar refractivity (Wildman–Crippen MR) is 68.8 cm³/mol. The molecule has 0 aliphatic carbocycles. The third kappa shape index (κ3) is 2.71. The first kappa shape index (κ1) is 13.9. The van der Waals surface area contributed by atoms with Crippen LogP contribution in [0.4, 0.5) is 0 Å². The number of rotatable bonds is 5. The number of nitrogens with zero attached hydrogens (tertiary/aromatic N) is 2. The van der Waals surface area contributed by atoms with Crippen molar-refractivity contribution in [3.63, 3.8) is 0 Å². The molecule has 0 saturated carbocycles. The van der Waals surface area contributed by atoms with E-state index >= 15 is 0 Å². The molecule has 2 rings (SSSR count). The molecule has 0 N–H and O–H groups in total. The van der Waals surface area contributed by atoms with Crippen LogP contribution in [0.15, 0.2) is 22.6 Å². The molecule has 0 spiro atoms. The van der Waals surface area contributed by atoms with Crippen molar-refractivity contribution in [3.8, 4) is 23.0 Å². The van der Waals surface area contributed by atoms with Crippen molar-refractivity contribution in [1.82, 2.24) is 10.2 Å². The molecule has 7 nitrogen and oxygen atoms in total. The highest BCUT2D eigenvalue weighted by Gasteiger charge is 2.17. The molecular weight excluding hydrogens is 264 g/mol. The van der Waals surface area contributed by atoms with Crippen LogP contribution in [-0.4, -0.2) is 37.0 Å². The molecule has 7 heteroatoms. The molecule has 0 radical (unpaired) electrons. The van der Waals surface area contributed by atoms with Crippen LogP contribution in [-0.2, 0) is 4.74 Å². The van der Waals surface area contributed by atoms with Gasteiger partial charge in [0.1, 0.15) is 0 Å². The van der Waals surface area contributed by atoms with E-state index in [9.17, 15) is 4.79 Å².